The summed E-state index contributed by atoms with van der Waals surface area (Å²) >= 11 is 1.79. The number of fused-ring (bicyclic) bond motifs is 2. The molecule has 3 aromatic carbocycles. The summed E-state index contributed by atoms with van der Waals surface area (Å²) in [6.07, 6.45) is 2.06. The maximum Gasteiger partial charge on any atom is 0.673 e. The molecule has 0 fully saturated rings. The molecule has 0 N–H and O–H groups in total. The molecule has 10 heteroatoms. The topological polar surface area (TPSA) is 35.5 Å². The van der Waals surface area contributed by atoms with Gasteiger partial charge < -0.3 is 26.7 Å². The first-order valence-electron chi connectivity index (χ1n) is 10.5. The number of methoxy groups -OCH3 is 1. The van der Waals surface area contributed by atoms with E-state index < -0.39 is 7.25 Å². The first-order valence-corrected chi connectivity index (χ1v) is 12.6. The van der Waals surface area contributed by atoms with E-state index in [1.165, 1.54) is 32.3 Å². The predicted octanol–water partition coefficient (Wildman–Crippen LogP) is 7.68. The zero-order valence-electron chi connectivity index (χ0n) is 19.3. The van der Waals surface area contributed by atoms with Gasteiger partial charge in [-0.15, -0.1) is 0 Å². The molecule has 184 valence electrons. The SMILES string of the molecule is COC(=O)c1ccc(OCC=C(C)C)c([S+]2c3ccccc3Sc3ccccc32)c1.F[B-](F)(F)F. The lowest BCUT2D eigenvalue weighted by molar-refractivity contribution is 0.0600. The molecule has 0 spiro atoms. The Morgan fingerprint density at radius 2 is 1.46 bits per heavy atom. The van der Waals surface area contributed by atoms with Crippen molar-refractivity contribution in [2.75, 3.05) is 13.7 Å². The highest BCUT2D eigenvalue weighted by Crippen LogP contribution is 2.49. The molecular weight excluding hydrogens is 499 g/mol. The van der Waals surface area contributed by atoms with Gasteiger partial charge in [-0.3, -0.25) is 0 Å². The average molecular weight is 522 g/mol. The summed E-state index contributed by atoms with van der Waals surface area (Å²) in [7, 11) is -4.98. The van der Waals surface area contributed by atoms with Gasteiger partial charge in [-0.2, -0.15) is 0 Å². The highest BCUT2D eigenvalue weighted by Gasteiger charge is 2.40. The first kappa shape index (κ1) is 26.8. The van der Waals surface area contributed by atoms with Crippen molar-refractivity contribution in [3.05, 3.63) is 83.9 Å². The van der Waals surface area contributed by atoms with Crippen molar-refractivity contribution >= 4 is 35.9 Å². The molecule has 35 heavy (non-hydrogen) atoms. The Balaban J connectivity index is 0.000000623. The minimum Gasteiger partial charge on any atom is -0.484 e. The summed E-state index contributed by atoms with van der Waals surface area (Å²) in [5, 5.41) is 0. The quantitative estimate of drug-likeness (QED) is 0.0886. The van der Waals surface area contributed by atoms with Crippen molar-refractivity contribution in [2.24, 2.45) is 0 Å². The second-order valence-corrected chi connectivity index (χ2v) is 10.6. The van der Waals surface area contributed by atoms with Crippen LogP contribution < -0.4 is 4.74 Å². The number of carbonyl (C=O) groups is 1. The Hall–Kier alpha value is -2.85. The zero-order chi connectivity index (χ0) is 25.6. The van der Waals surface area contributed by atoms with Gasteiger partial charge in [0.15, 0.2) is 15.5 Å². The maximum absolute atomic E-state index is 12.3. The van der Waals surface area contributed by atoms with E-state index in [0.717, 1.165) is 10.6 Å². The first-order chi connectivity index (χ1) is 16.6. The number of allylic oxidation sites excluding steroid dienone is 1. The number of rotatable bonds is 5. The molecule has 0 radical (unpaired) electrons. The van der Waals surface area contributed by atoms with Gasteiger partial charge in [0.25, 0.3) is 0 Å². The Labute approximate surface area is 209 Å². The fourth-order valence-corrected chi connectivity index (χ4v) is 7.08. The van der Waals surface area contributed by atoms with E-state index in [4.69, 9.17) is 9.47 Å². The summed E-state index contributed by atoms with van der Waals surface area (Å²) in [6, 6.07) is 22.5. The molecule has 0 amide bonds. The Kier molecular flexibility index (Phi) is 8.96. The second-order valence-electron chi connectivity index (χ2n) is 7.54. The van der Waals surface area contributed by atoms with Crippen LogP contribution in [0.25, 0.3) is 0 Å². The molecule has 0 aromatic heterocycles. The standard InChI is InChI=1S/C25H23O3S2.BF4/c1-17(2)14-15-28-19-13-12-18(25(26)27-3)16-24(19)30-22-10-6-4-8-20(22)29-21-9-5-7-11-23(21)30;2-1(3,4)5/h4-14,16H,15H2,1-3H3;/q+1;-1. The van der Waals surface area contributed by atoms with Crippen molar-refractivity contribution in [1.82, 2.24) is 0 Å². The van der Waals surface area contributed by atoms with Gasteiger partial charge in [0, 0.05) is 6.07 Å². The van der Waals surface area contributed by atoms with Crippen molar-refractivity contribution in [3.63, 3.8) is 0 Å². The van der Waals surface area contributed by atoms with Crippen LogP contribution in [0, 0.1) is 0 Å². The molecule has 0 unspecified atom stereocenters. The van der Waals surface area contributed by atoms with Gasteiger partial charge in [-0.25, -0.2) is 4.79 Å². The Bertz CT molecular complexity index is 1180. The largest absolute Gasteiger partial charge is 0.673 e. The molecule has 0 aliphatic carbocycles. The fraction of sp³-hybridized carbons (Fsp3) is 0.160. The van der Waals surface area contributed by atoms with Gasteiger partial charge in [0.05, 0.1) is 22.5 Å². The summed E-state index contributed by atoms with van der Waals surface area (Å²) in [5.41, 5.74) is 1.73. The minimum atomic E-state index is -6.00. The molecule has 0 bridgehead atoms. The molecule has 3 aromatic rings. The number of carbonyl (C=O) groups excluding carboxylic acids is 1. The number of hydrogen-bond acceptors (Lipinski definition) is 4. The smallest absolute Gasteiger partial charge is 0.484 e. The normalized spacial score (nSPS) is 12.4. The molecule has 1 aliphatic rings. The van der Waals surface area contributed by atoms with Crippen LogP contribution in [-0.4, -0.2) is 26.9 Å². The van der Waals surface area contributed by atoms with Crippen LogP contribution in [-0.2, 0) is 15.6 Å². The van der Waals surface area contributed by atoms with E-state index in [2.05, 4.69) is 68.5 Å². The van der Waals surface area contributed by atoms with Crippen LogP contribution in [0.15, 0.2) is 103 Å². The molecule has 4 rings (SSSR count). The van der Waals surface area contributed by atoms with E-state index >= 15 is 0 Å². The van der Waals surface area contributed by atoms with Crippen LogP contribution in [0.2, 0.25) is 0 Å². The van der Waals surface area contributed by atoms with Gasteiger partial charge in [-0.1, -0.05) is 41.6 Å². The number of ether oxygens (including phenoxy) is 2. The number of hydrogen-bond donors (Lipinski definition) is 0. The summed E-state index contributed by atoms with van der Waals surface area (Å²) in [5.74, 6) is 0.448. The summed E-state index contributed by atoms with van der Waals surface area (Å²) in [4.78, 5) is 18.2. The van der Waals surface area contributed by atoms with Crippen LogP contribution in [0.5, 0.6) is 5.75 Å². The lowest BCUT2D eigenvalue weighted by atomic mass is 10.2. The Morgan fingerprint density at radius 3 is 1.97 bits per heavy atom. The highest BCUT2D eigenvalue weighted by molar-refractivity contribution is 8.04. The third-order valence-corrected chi connectivity index (χ3v) is 8.43. The van der Waals surface area contributed by atoms with Crippen molar-refractivity contribution < 1.29 is 31.5 Å². The molecule has 1 heterocycles. The highest BCUT2D eigenvalue weighted by atomic mass is 32.2. The average Bonchev–Trinajstić information content (AvgIpc) is 2.81. The van der Waals surface area contributed by atoms with Gasteiger partial charge in [0.1, 0.15) is 17.5 Å². The monoisotopic (exact) mass is 522 g/mol. The lowest BCUT2D eigenvalue weighted by Gasteiger charge is -2.20. The van der Waals surface area contributed by atoms with Crippen molar-refractivity contribution in [2.45, 2.75) is 38.3 Å². The van der Waals surface area contributed by atoms with Crippen LogP contribution in [0.1, 0.15) is 24.2 Å². The number of halogens is 4. The maximum atomic E-state index is 12.3. The molecule has 1 aliphatic heterocycles. The zero-order valence-corrected chi connectivity index (χ0v) is 20.9. The van der Waals surface area contributed by atoms with Crippen LogP contribution in [0.4, 0.5) is 17.3 Å². The predicted molar refractivity (Wildman–Crippen MR) is 132 cm³/mol. The second kappa shape index (κ2) is 11.7. The number of benzene rings is 3. The lowest BCUT2D eigenvalue weighted by Crippen LogP contribution is -2.14. The van der Waals surface area contributed by atoms with E-state index in [-0.39, 0.29) is 16.9 Å². The van der Waals surface area contributed by atoms with E-state index in [9.17, 15) is 22.1 Å². The summed E-state index contributed by atoms with van der Waals surface area (Å²) in [6.45, 7) is 4.59. The molecule has 0 saturated carbocycles. The Morgan fingerprint density at radius 1 is 0.914 bits per heavy atom. The summed E-state index contributed by atoms with van der Waals surface area (Å²) < 4.78 is 50.2. The minimum absolute atomic E-state index is 0.344. The van der Waals surface area contributed by atoms with Crippen molar-refractivity contribution in [1.29, 1.82) is 0 Å². The van der Waals surface area contributed by atoms with E-state index in [0.29, 0.717) is 12.2 Å². The molecule has 3 nitrogen and oxygen atoms in total. The van der Waals surface area contributed by atoms with Crippen LogP contribution >= 0.6 is 11.8 Å². The van der Waals surface area contributed by atoms with Gasteiger partial charge in [-0.05, 0) is 56.3 Å². The fourth-order valence-electron chi connectivity index (χ4n) is 3.21. The van der Waals surface area contributed by atoms with Gasteiger partial charge >= 0.3 is 13.2 Å². The van der Waals surface area contributed by atoms with Crippen molar-refractivity contribution in [3.8, 4) is 5.75 Å². The molecular formula is C25H23BF4O3S2. The van der Waals surface area contributed by atoms with Gasteiger partial charge in [0.2, 0.25) is 4.90 Å². The van der Waals surface area contributed by atoms with Crippen LogP contribution in [0.3, 0.4) is 0 Å². The number of esters is 1. The third-order valence-electron chi connectivity index (χ3n) is 4.67. The third kappa shape index (κ3) is 7.32. The van der Waals surface area contributed by atoms with E-state index in [1.807, 2.05) is 12.1 Å². The molecule has 0 atom stereocenters. The van der Waals surface area contributed by atoms with E-state index in [1.54, 1.807) is 17.8 Å². The molecule has 0 saturated heterocycles.